The number of rotatable bonds is 5. The summed E-state index contributed by atoms with van der Waals surface area (Å²) in [4.78, 5) is 26.5. The van der Waals surface area contributed by atoms with Gasteiger partial charge in [-0.3, -0.25) is 14.5 Å². The molecule has 1 unspecified atom stereocenters. The molecular weight excluding hydrogens is 328 g/mol. The molecule has 1 aromatic rings. The average molecular weight is 361 g/mol. The Morgan fingerprint density at radius 1 is 1.19 bits per heavy atom. The van der Waals surface area contributed by atoms with Crippen LogP contribution in [0, 0.1) is 26.2 Å². The highest BCUT2D eigenvalue weighted by Crippen LogP contribution is 2.27. The number of aryl methyl sites for hydroxylation is 3. The van der Waals surface area contributed by atoms with Gasteiger partial charge in [0, 0.05) is 24.8 Å². The molecule has 0 saturated carbocycles. The third kappa shape index (κ3) is 5.29. The van der Waals surface area contributed by atoms with Gasteiger partial charge in [0.2, 0.25) is 11.8 Å². The Bertz CT molecular complexity index is 661. The summed E-state index contributed by atoms with van der Waals surface area (Å²) < 4.78 is 0. The Balaban J connectivity index is 1.81. The molecule has 4 N–H and O–H groups in total. The molecule has 144 valence electrons. The Morgan fingerprint density at radius 2 is 1.81 bits per heavy atom. The highest BCUT2D eigenvalue weighted by molar-refractivity contribution is 5.96. The molecule has 0 radical (unpaired) electrons. The lowest BCUT2D eigenvalue weighted by Crippen LogP contribution is -2.54. The first-order chi connectivity index (χ1) is 12.1. The van der Waals surface area contributed by atoms with Crippen LogP contribution in [-0.4, -0.2) is 48.9 Å². The summed E-state index contributed by atoms with van der Waals surface area (Å²) in [6, 6.07) is 4.22. The number of amides is 2. The summed E-state index contributed by atoms with van der Waals surface area (Å²) in [6.07, 6.45) is 0.882. The number of hydrogen-bond donors (Lipinski definition) is 3. The Kier molecular flexibility index (Phi) is 6.42. The monoisotopic (exact) mass is 360 g/mol. The fourth-order valence-electron chi connectivity index (χ4n) is 3.62. The van der Waals surface area contributed by atoms with Crippen LogP contribution in [0.15, 0.2) is 12.1 Å². The average Bonchev–Trinajstić information content (AvgIpc) is 2.52. The lowest BCUT2D eigenvalue weighted by atomic mass is 9.80. The molecule has 0 aromatic heterocycles. The maximum absolute atomic E-state index is 12.2. The van der Waals surface area contributed by atoms with Crippen molar-refractivity contribution >= 4 is 17.5 Å². The van der Waals surface area contributed by atoms with Crippen molar-refractivity contribution < 1.29 is 9.59 Å². The van der Waals surface area contributed by atoms with E-state index in [2.05, 4.69) is 29.4 Å². The number of benzene rings is 1. The lowest BCUT2D eigenvalue weighted by Gasteiger charge is -2.42. The quantitative estimate of drug-likeness (QED) is 0.746. The molecule has 1 aliphatic rings. The second kappa shape index (κ2) is 8.18. The minimum atomic E-state index is -0.214. The maximum Gasteiger partial charge on any atom is 0.243 e. The Hall–Kier alpha value is -1.92. The van der Waals surface area contributed by atoms with Gasteiger partial charge in [0.25, 0.3) is 0 Å². The van der Waals surface area contributed by atoms with Gasteiger partial charge in [-0.25, -0.2) is 0 Å². The maximum atomic E-state index is 12.2. The van der Waals surface area contributed by atoms with Crippen LogP contribution < -0.4 is 16.4 Å². The van der Waals surface area contributed by atoms with Gasteiger partial charge in [-0.15, -0.1) is 0 Å². The van der Waals surface area contributed by atoms with E-state index >= 15 is 0 Å². The molecule has 0 spiro atoms. The number of nitrogens with two attached hydrogens (primary N) is 1. The molecule has 2 amide bonds. The molecule has 6 nitrogen and oxygen atoms in total. The number of carbonyl (C=O) groups is 2. The molecule has 1 saturated heterocycles. The van der Waals surface area contributed by atoms with Gasteiger partial charge in [-0.2, -0.15) is 0 Å². The first-order valence-corrected chi connectivity index (χ1v) is 9.21. The van der Waals surface area contributed by atoms with Gasteiger partial charge in [0.05, 0.1) is 13.1 Å². The van der Waals surface area contributed by atoms with Gasteiger partial charge >= 0.3 is 0 Å². The normalized spacial score (nSPS) is 19.8. The Morgan fingerprint density at radius 3 is 2.38 bits per heavy atom. The molecule has 0 aliphatic carbocycles. The Labute approximate surface area is 156 Å². The van der Waals surface area contributed by atoms with E-state index in [0.717, 1.165) is 41.9 Å². The summed E-state index contributed by atoms with van der Waals surface area (Å²) >= 11 is 0. The highest BCUT2D eigenvalue weighted by atomic mass is 16.2. The molecule has 0 bridgehead atoms. The van der Waals surface area contributed by atoms with E-state index in [1.807, 2.05) is 32.9 Å². The van der Waals surface area contributed by atoms with Crippen LogP contribution in [0.5, 0.6) is 0 Å². The molecule has 1 aliphatic heterocycles. The SMILES string of the molecule is Cc1cc(C)c(NC(=O)CNC(=O)CN2CCC(N)C(C)(C)C2)c(C)c1. The van der Waals surface area contributed by atoms with Crippen LogP contribution in [0.25, 0.3) is 0 Å². The van der Waals surface area contributed by atoms with E-state index < -0.39 is 0 Å². The standard InChI is InChI=1S/C20H32N4O2/c1-13-8-14(2)19(15(3)9-13)23-17(25)10-22-18(26)11-24-7-6-16(21)20(4,5)12-24/h8-9,16H,6-7,10-12,21H2,1-5H3,(H,22,26)(H,23,25). The minimum Gasteiger partial charge on any atom is -0.346 e. The number of carbonyl (C=O) groups excluding carboxylic acids is 2. The van der Waals surface area contributed by atoms with Crippen LogP contribution in [0.1, 0.15) is 37.0 Å². The van der Waals surface area contributed by atoms with Crippen LogP contribution in [-0.2, 0) is 9.59 Å². The van der Waals surface area contributed by atoms with Crippen LogP contribution in [0.2, 0.25) is 0 Å². The van der Waals surface area contributed by atoms with Gasteiger partial charge in [-0.05, 0) is 43.7 Å². The predicted molar refractivity (Wildman–Crippen MR) is 105 cm³/mol. The van der Waals surface area contributed by atoms with E-state index in [9.17, 15) is 9.59 Å². The van der Waals surface area contributed by atoms with E-state index in [1.54, 1.807) is 0 Å². The molecule has 6 heteroatoms. The molecule has 1 fully saturated rings. The second-order valence-corrected chi connectivity index (χ2v) is 8.19. The molecular formula is C20H32N4O2. The topological polar surface area (TPSA) is 87.5 Å². The van der Waals surface area contributed by atoms with Crippen molar-refractivity contribution in [2.45, 2.75) is 47.1 Å². The zero-order valence-corrected chi connectivity index (χ0v) is 16.6. The molecule has 26 heavy (non-hydrogen) atoms. The zero-order valence-electron chi connectivity index (χ0n) is 16.6. The van der Waals surface area contributed by atoms with E-state index in [0.29, 0.717) is 6.54 Å². The highest BCUT2D eigenvalue weighted by Gasteiger charge is 2.33. The molecule has 1 aromatic carbocycles. The largest absolute Gasteiger partial charge is 0.346 e. The van der Waals surface area contributed by atoms with Crippen molar-refractivity contribution in [1.82, 2.24) is 10.2 Å². The summed E-state index contributed by atoms with van der Waals surface area (Å²) in [7, 11) is 0. The van der Waals surface area contributed by atoms with Crippen LogP contribution in [0.3, 0.4) is 0 Å². The minimum absolute atomic E-state index is 0.00357. The predicted octanol–water partition coefficient (Wildman–Crippen LogP) is 1.73. The number of nitrogens with one attached hydrogen (secondary N) is 2. The third-order valence-electron chi connectivity index (χ3n) is 5.15. The molecule has 1 heterocycles. The second-order valence-electron chi connectivity index (χ2n) is 8.19. The third-order valence-corrected chi connectivity index (χ3v) is 5.15. The van der Waals surface area contributed by atoms with Crippen molar-refractivity contribution in [1.29, 1.82) is 0 Å². The number of nitrogens with zero attached hydrogens (tertiary/aromatic N) is 1. The smallest absolute Gasteiger partial charge is 0.243 e. The van der Waals surface area contributed by atoms with Crippen LogP contribution in [0.4, 0.5) is 5.69 Å². The fourth-order valence-corrected chi connectivity index (χ4v) is 3.62. The fraction of sp³-hybridized carbons (Fsp3) is 0.600. The number of hydrogen-bond acceptors (Lipinski definition) is 4. The van der Waals surface area contributed by atoms with Gasteiger partial charge in [0.1, 0.15) is 0 Å². The summed E-state index contributed by atoms with van der Waals surface area (Å²) in [5, 5.41) is 5.61. The summed E-state index contributed by atoms with van der Waals surface area (Å²) in [6.45, 7) is 12.1. The first-order valence-electron chi connectivity index (χ1n) is 9.21. The van der Waals surface area contributed by atoms with Gasteiger partial charge < -0.3 is 16.4 Å². The lowest BCUT2D eigenvalue weighted by molar-refractivity contribution is -0.125. The van der Waals surface area contributed by atoms with E-state index in [1.165, 1.54) is 0 Å². The van der Waals surface area contributed by atoms with E-state index in [-0.39, 0.29) is 29.8 Å². The zero-order chi connectivity index (χ0) is 19.5. The van der Waals surface area contributed by atoms with Crippen LogP contribution >= 0.6 is 0 Å². The number of likely N-dealkylation sites (tertiary alicyclic amines) is 1. The van der Waals surface area contributed by atoms with Crippen molar-refractivity contribution in [2.24, 2.45) is 11.1 Å². The first kappa shape index (κ1) is 20.4. The number of piperidine rings is 1. The summed E-state index contributed by atoms with van der Waals surface area (Å²) in [5.41, 5.74) is 10.2. The van der Waals surface area contributed by atoms with Crippen molar-refractivity contribution in [3.05, 3.63) is 28.8 Å². The molecule has 1 atom stereocenters. The van der Waals surface area contributed by atoms with Crippen molar-refractivity contribution in [2.75, 3.05) is 31.5 Å². The van der Waals surface area contributed by atoms with Crippen molar-refractivity contribution in [3.63, 3.8) is 0 Å². The van der Waals surface area contributed by atoms with E-state index in [4.69, 9.17) is 5.73 Å². The van der Waals surface area contributed by atoms with Gasteiger partial charge in [0.15, 0.2) is 0 Å². The van der Waals surface area contributed by atoms with Crippen molar-refractivity contribution in [3.8, 4) is 0 Å². The summed E-state index contributed by atoms with van der Waals surface area (Å²) in [5.74, 6) is -0.349. The van der Waals surface area contributed by atoms with Gasteiger partial charge in [-0.1, -0.05) is 31.5 Å². The molecule has 2 rings (SSSR count). The number of anilines is 1.